The molecule has 80 valence electrons. The van der Waals surface area contributed by atoms with E-state index < -0.39 is 0 Å². The second-order valence-corrected chi connectivity index (χ2v) is 3.44. The maximum atomic E-state index is 11.2. The van der Waals surface area contributed by atoms with Crippen LogP contribution in [0.25, 0.3) is 5.70 Å². The molecule has 0 aliphatic heterocycles. The summed E-state index contributed by atoms with van der Waals surface area (Å²) < 4.78 is 0. The number of hydrazine groups is 1. The Balaban J connectivity index is 3.22. The average molecular weight is 226 g/mol. The van der Waals surface area contributed by atoms with Crippen molar-refractivity contribution in [2.45, 2.75) is 6.92 Å². The number of allylic oxidation sites excluding steroid dienone is 1. The van der Waals surface area contributed by atoms with Crippen molar-refractivity contribution >= 4 is 23.1 Å². The van der Waals surface area contributed by atoms with Gasteiger partial charge in [-0.25, -0.2) is 0 Å². The van der Waals surface area contributed by atoms with Crippen LogP contribution in [0.3, 0.4) is 0 Å². The highest BCUT2D eigenvalue weighted by Gasteiger charge is 2.09. The van der Waals surface area contributed by atoms with Gasteiger partial charge in [0.15, 0.2) is 5.78 Å². The van der Waals surface area contributed by atoms with Crippen LogP contribution < -0.4 is 17.0 Å². The summed E-state index contributed by atoms with van der Waals surface area (Å²) >= 11 is 5.80. The number of hydrogen-bond donors (Lipinski definition) is 3. The van der Waals surface area contributed by atoms with Crippen molar-refractivity contribution in [3.63, 3.8) is 0 Å². The maximum Gasteiger partial charge on any atom is 0.179 e. The molecule has 4 nitrogen and oxygen atoms in total. The van der Waals surface area contributed by atoms with Gasteiger partial charge in [-0.3, -0.25) is 10.6 Å². The lowest BCUT2D eigenvalue weighted by Gasteiger charge is -2.08. The molecule has 0 spiro atoms. The molecule has 0 fully saturated rings. The first kappa shape index (κ1) is 11.6. The molecule has 0 heterocycles. The van der Waals surface area contributed by atoms with Crippen LogP contribution in [0.4, 0.5) is 0 Å². The van der Waals surface area contributed by atoms with E-state index in [0.29, 0.717) is 10.6 Å². The second-order valence-electron chi connectivity index (χ2n) is 3.00. The highest BCUT2D eigenvalue weighted by molar-refractivity contribution is 6.30. The number of hydrogen-bond acceptors (Lipinski definition) is 4. The van der Waals surface area contributed by atoms with Crippen LogP contribution in [0, 0.1) is 0 Å². The molecule has 1 aromatic carbocycles. The van der Waals surface area contributed by atoms with Gasteiger partial charge in [-0.2, -0.15) is 0 Å². The minimum atomic E-state index is -0.227. The van der Waals surface area contributed by atoms with E-state index in [9.17, 15) is 4.79 Å². The molecule has 0 aromatic heterocycles. The molecule has 0 atom stereocenters. The number of ketones is 1. The predicted octanol–water partition coefficient (Wildman–Crippen LogP) is 1.02. The van der Waals surface area contributed by atoms with Gasteiger partial charge in [-0.1, -0.05) is 23.7 Å². The molecule has 0 aliphatic rings. The number of carbonyl (C=O) groups excluding carboxylic acids is 1. The molecule has 5 N–H and O–H groups in total. The van der Waals surface area contributed by atoms with E-state index in [-0.39, 0.29) is 17.2 Å². The molecular formula is C10H12ClN3O. The fourth-order valence-electron chi connectivity index (χ4n) is 1.17. The number of rotatable bonds is 3. The number of Topliss-reactive ketones (excluding diaryl/α,β-unsaturated/α-hetero) is 1. The molecule has 1 aromatic rings. The van der Waals surface area contributed by atoms with Crippen LogP contribution in [-0.4, -0.2) is 5.78 Å². The Hall–Kier alpha value is -1.52. The first-order valence-corrected chi connectivity index (χ1v) is 4.67. The maximum absolute atomic E-state index is 11.2. The molecule has 0 amide bonds. The van der Waals surface area contributed by atoms with E-state index in [4.69, 9.17) is 23.2 Å². The van der Waals surface area contributed by atoms with E-state index in [0.717, 1.165) is 0 Å². The van der Waals surface area contributed by atoms with Crippen LogP contribution in [0.1, 0.15) is 12.5 Å². The highest BCUT2D eigenvalue weighted by Crippen LogP contribution is 2.17. The molecule has 0 saturated carbocycles. The lowest BCUT2D eigenvalue weighted by molar-refractivity contribution is -0.113. The number of nitrogens with one attached hydrogen (secondary N) is 1. The van der Waals surface area contributed by atoms with Crippen molar-refractivity contribution in [3.05, 3.63) is 40.5 Å². The van der Waals surface area contributed by atoms with Crippen molar-refractivity contribution in [2.24, 2.45) is 11.6 Å². The standard InChI is InChI=1S/C10H12ClN3O/c1-6(15)10(14-13)9(12)7-3-2-4-8(11)5-7/h2-5,14H,12-13H2,1H3/b10-9-. The van der Waals surface area contributed by atoms with Crippen molar-refractivity contribution < 1.29 is 4.79 Å². The first-order valence-electron chi connectivity index (χ1n) is 4.29. The van der Waals surface area contributed by atoms with Gasteiger partial charge in [0, 0.05) is 17.5 Å². The Bertz CT molecular complexity index is 415. The molecule has 0 bridgehead atoms. The van der Waals surface area contributed by atoms with Crippen molar-refractivity contribution in [3.8, 4) is 0 Å². The molecular weight excluding hydrogens is 214 g/mol. The summed E-state index contributed by atoms with van der Waals surface area (Å²) in [6, 6.07) is 6.89. The summed E-state index contributed by atoms with van der Waals surface area (Å²) in [5, 5.41) is 0.551. The summed E-state index contributed by atoms with van der Waals surface area (Å²) in [7, 11) is 0. The summed E-state index contributed by atoms with van der Waals surface area (Å²) in [5.74, 6) is 4.98. The molecule has 1 rings (SSSR count). The number of benzene rings is 1. The Labute approximate surface area is 92.9 Å². The normalized spacial score (nSPS) is 11.9. The van der Waals surface area contributed by atoms with E-state index in [1.165, 1.54) is 6.92 Å². The van der Waals surface area contributed by atoms with Gasteiger partial charge in [-0.05, 0) is 12.1 Å². The second kappa shape index (κ2) is 4.82. The molecule has 0 unspecified atom stereocenters. The number of nitrogens with two attached hydrogens (primary N) is 2. The summed E-state index contributed by atoms with van der Waals surface area (Å²) in [5.41, 5.74) is 9.18. The fourth-order valence-corrected chi connectivity index (χ4v) is 1.36. The van der Waals surface area contributed by atoms with Gasteiger partial charge in [0.25, 0.3) is 0 Å². The lowest BCUT2D eigenvalue weighted by Crippen LogP contribution is -2.28. The molecule has 0 saturated heterocycles. The van der Waals surface area contributed by atoms with Gasteiger partial charge in [-0.15, -0.1) is 0 Å². The molecule has 15 heavy (non-hydrogen) atoms. The van der Waals surface area contributed by atoms with Crippen LogP contribution in [0.15, 0.2) is 30.0 Å². The van der Waals surface area contributed by atoms with E-state index in [1.54, 1.807) is 24.3 Å². The molecule has 0 radical (unpaired) electrons. The Morgan fingerprint density at radius 2 is 2.13 bits per heavy atom. The van der Waals surface area contributed by atoms with Gasteiger partial charge >= 0.3 is 0 Å². The fraction of sp³-hybridized carbons (Fsp3) is 0.100. The van der Waals surface area contributed by atoms with Crippen LogP contribution in [0.2, 0.25) is 5.02 Å². The zero-order valence-corrected chi connectivity index (χ0v) is 9.01. The van der Waals surface area contributed by atoms with Gasteiger partial charge in [0.2, 0.25) is 0 Å². The van der Waals surface area contributed by atoms with Gasteiger partial charge < -0.3 is 11.2 Å². The minimum Gasteiger partial charge on any atom is -0.396 e. The predicted molar refractivity (Wildman–Crippen MR) is 60.6 cm³/mol. The average Bonchev–Trinajstić information content (AvgIpc) is 2.18. The van der Waals surface area contributed by atoms with Crippen molar-refractivity contribution in [1.29, 1.82) is 0 Å². The van der Waals surface area contributed by atoms with Crippen LogP contribution in [-0.2, 0) is 4.79 Å². The highest BCUT2D eigenvalue weighted by atomic mass is 35.5. The smallest absolute Gasteiger partial charge is 0.179 e. The summed E-state index contributed by atoms with van der Waals surface area (Å²) in [6.07, 6.45) is 0. The summed E-state index contributed by atoms with van der Waals surface area (Å²) in [4.78, 5) is 11.2. The third-order valence-corrected chi connectivity index (χ3v) is 2.14. The third kappa shape index (κ3) is 2.71. The zero-order valence-electron chi connectivity index (χ0n) is 8.25. The largest absolute Gasteiger partial charge is 0.396 e. The van der Waals surface area contributed by atoms with Crippen molar-refractivity contribution in [1.82, 2.24) is 5.43 Å². The Morgan fingerprint density at radius 1 is 1.47 bits per heavy atom. The van der Waals surface area contributed by atoms with Gasteiger partial charge in [0.05, 0.1) is 5.70 Å². The quantitative estimate of drug-likeness (QED) is 0.408. The van der Waals surface area contributed by atoms with E-state index in [2.05, 4.69) is 5.43 Å². The molecule has 5 heteroatoms. The number of halogens is 1. The van der Waals surface area contributed by atoms with Gasteiger partial charge in [0.1, 0.15) is 5.70 Å². The summed E-state index contributed by atoms with van der Waals surface area (Å²) in [6.45, 7) is 1.38. The third-order valence-electron chi connectivity index (χ3n) is 1.90. The number of carbonyl (C=O) groups is 1. The zero-order chi connectivity index (χ0) is 11.4. The van der Waals surface area contributed by atoms with Crippen LogP contribution in [0.5, 0.6) is 0 Å². The van der Waals surface area contributed by atoms with Crippen molar-refractivity contribution in [2.75, 3.05) is 0 Å². The topological polar surface area (TPSA) is 81.1 Å². The van der Waals surface area contributed by atoms with Crippen LogP contribution >= 0.6 is 11.6 Å². The Kier molecular flexibility index (Phi) is 3.71. The lowest BCUT2D eigenvalue weighted by atomic mass is 10.1. The first-order chi connectivity index (χ1) is 7.06. The van der Waals surface area contributed by atoms with E-state index >= 15 is 0 Å². The molecule has 0 aliphatic carbocycles. The Morgan fingerprint density at radius 3 is 2.60 bits per heavy atom. The van der Waals surface area contributed by atoms with E-state index in [1.807, 2.05) is 0 Å². The minimum absolute atomic E-state index is 0.178. The monoisotopic (exact) mass is 225 g/mol. The SMILES string of the molecule is CC(=O)/C(NN)=C(/N)c1cccc(Cl)c1.